The number of aromatic nitrogens is 1. The summed E-state index contributed by atoms with van der Waals surface area (Å²) in [6, 6.07) is 2.66. The van der Waals surface area contributed by atoms with E-state index in [2.05, 4.69) is 44.9 Å². The standard InChI is InChI=1S/C12H17BrN2S/c1-2-16-10-4-3-9(7-10)15-12-5-6-14-8-11(12)13/h5-6,8-10H,2-4,7H2,1H3,(H,14,15). The fourth-order valence-electron chi connectivity index (χ4n) is 2.17. The molecule has 2 unspecified atom stereocenters. The number of hydrogen-bond acceptors (Lipinski definition) is 3. The number of pyridine rings is 1. The molecule has 88 valence electrons. The maximum atomic E-state index is 4.07. The van der Waals surface area contributed by atoms with Crippen molar-refractivity contribution < 1.29 is 0 Å². The second kappa shape index (κ2) is 5.92. The molecule has 0 bridgehead atoms. The van der Waals surface area contributed by atoms with Crippen LogP contribution in [-0.2, 0) is 0 Å². The van der Waals surface area contributed by atoms with Gasteiger partial charge in [0.05, 0.1) is 10.2 Å². The lowest BCUT2D eigenvalue weighted by Gasteiger charge is -2.15. The van der Waals surface area contributed by atoms with Crippen LogP contribution in [0.1, 0.15) is 26.2 Å². The summed E-state index contributed by atoms with van der Waals surface area (Å²) < 4.78 is 1.06. The molecule has 1 aromatic heterocycles. The molecule has 2 atom stereocenters. The van der Waals surface area contributed by atoms with Gasteiger partial charge in [0.15, 0.2) is 0 Å². The van der Waals surface area contributed by atoms with Gasteiger partial charge >= 0.3 is 0 Å². The molecular formula is C12H17BrN2S. The largest absolute Gasteiger partial charge is 0.381 e. The van der Waals surface area contributed by atoms with E-state index in [-0.39, 0.29) is 0 Å². The Bertz CT molecular complexity index is 346. The third kappa shape index (κ3) is 3.14. The van der Waals surface area contributed by atoms with Crippen LogP contribution in [0.3, 0.4) is 0 Å². The third-order valence-electron chi connectivity index (χ3n) is 2.92. The zero-order valence-electron chi connectivity index (χ0n) is 9.45. The van der Waals surface area contributed by atoms with Crippen molar-refractivity contribution in [3.63, 3.8) is 0 Å². The van der Waals surface area contributed by atoms with Gasteiger partial charge in [-0.15, -0.1) is 0 Å². The van der Waals surface area contributed by atoms with Gasteiger partial charge in [0.1, 0.15) is 0 Å². The Balaban J connectivity index is 1.90. The van der Waals surface area contributed by atoms with Crippen LogP contribution in [0.4, 0.5) is 5.69 Å². The normalized spacial score (nSPS) is 24.6. The monoisotopic (exact) mass is 300 g/mol. The Morgan fingerprint density at radius 3 is 3.19 bits per heavy atom. The fraction of sp³-hybridized carbons (Fsp3) is 0.583. The van der Waals surface area contributed by atoms with E-state index >= 15 is 0 Å². The highest BCUT2D eigenvalue weighted by molar-refractivity contribution is 9.10. The SMILES string of the molecule is CCSC1CCC(Nc2ccncc2Br)C1. The molecule has 1 aliphatic carbocycles. The first-order valence-electron chi connectivity index (χ1n) is 5.77. The molecule has 1 heterocycles. The van der Waals surface area contributed by atoms with Crippen LogP contribution in [0.5, 0.6) is 0 Å². The molecule has 0 amide bonds. The highest BCUT2D eigenvalue weighted by Crippen LogP contribution is 2.32. The average molecular weight is 301 g/mol. The maximum absolute atomic E-state index is 4.07. The summed E-state index contributed by atoms with van der Waals surface area (Å²) >= 11 is 5.61. The Morgan fingerprint density at radius 1 is 1.56 bits per heavy atom. The Labute approximate surface area is 110 Å². The second-order valence-electron chi connectivity index (χ2n) is 4.09. The van der Waals surface area contributed by atoms with Crippen molar-refractivity contribution in [3.05, 3.63) is 22.9 Å². The van der Waals surface area contributed by atoms with Crippen LogP contribution < -0.4 is 5.32 Å². The molecule has 1 fully saturated rings. The predicted molar refractivity (Wildman–Crippen MR) is 75.1 cm³/mol. The lowest BCUT2D eigenvalue weighted by Crippen LogP contribution is -2.16. The smallest absolute Gasteiger partial charge is 0.0590 e. The first-order valence-corrected chi connectivity index (χ1v) is 7.61. The molecule has 0 aliphatic heterocycles. The summed E-state index contributed by atoms with van der Waals surface area (Å²) in [5.41, 5.74) is 1.17. The molecule has 1 aliphatic rings. The molecule has 2 rings (SSSR count). The van der Waals surface area contributed by atoms with Crippen LogP contribution in [0.25, 0.3) is 0 Å². The van der Waals surface area contributed by atoms with E-state index in [0.717, 1.165) is 9.72 Å². The van der Waals surface area contributed by atoms with E-state index in [1.54, 1.807) is 0 Å². The number of hydrogen-bond donors (Lipinski definition) is 1. The van der Waals surface area contributed by atoms with Gasteiger partial charge in [-0.25, -0.2) is 0 Å². The van der Waals surface area contributed by atoms with Crippen LogP contribution in [0, 0.1) is 0 Å². The number of nitrogens with one attached hydrogen (secondary N) is 1. The zero-order chi connectivity index (χ0) is 11.4. The van der Waals surface area contributed by atoms with Crippen molar-refractivity contribution in [2.24, 2.45) is 0 Å². The van der Waals surface area contributed by atoms with Crippen molar-refractivity contribution in [1.82, 2.24) is 4.98 Å². The molecule has 1 saturated carbocycles. The van der Waals surface area contributed by atoms with Crippen LogP contribution in [0.2, 0.25) is 0 Å². The Morgan fingerprint density at radius 2 is 2.44 bits per heavy atom. The summed E-state index contributed by atoms with van der Waals surface area (Å²) in [6.07, 6.45) is 7.59. The number of thioether (sulfide) groups is 1. The van der Waals surface area contributed by atoms with Gasteiger partial charge in [0.2, 0.25) is 0 Å². The van der Waals surface area contributed by atoms with Crippen molar-refractivity contribution in [3.8, 4) is 0 Å². The van der Waals surface area contributed by atoms with Crippen LogP contribution >= 0.6 is 27.7 Å². The Kier molecular flexibility index (Phi) is 4.53. The molecule has 1 aromatic rings. The minimum absolute atomic E-state index is 0.628. The summed E-state index contributed by atoms with van der Waals surface area (Å²) in [4.78, 5) is 4.07. The molecule has 1 N–H and O–H groups in total. The third-order valence-corrected chi connectivity index (χ3v) is 4.78. The molecule has 0 saturated heterocycles. The topological polar surface area (TPSA) is 24.9 Å². The lowest BCUT2D eigenvalue weighted by atomic mass is 10.2. The minimum atomic E-state index is 0.628. The van der Waals surface area contributed by atoms with Crippen LogP contribution in [0.15, 0.2) is 22.9 Å². The van der Waals surface area contributed by atoms with Crippen molar-refractivity contribution in [2.75, 3.05) is 11.1 Å². The van der Waals surface area contributed by atoms with Gasteiger partial charge in [-0.2, -0.15) is 11.8 Å². The maximum Gasteiger partial charge on any atom is 0.0590 e. The van der Waals surface area contributed by atoms with E-state index in [0.29, 0.717) is 6.04 Å². The highest BCUT2D eigenvalue weighted by Gasteiger charge is 2.24. The first-order chi connectivity index (χ1) is 7.79. The number of rotatable bonds is 4. The van der Waals surface area contributed by atoms with Crippen molar-refractivity contribution in [1.29, 1.82) is 0 Å². The predicted octanol–water partition coefficient (Wildman–Crippen LogP) is 3.93. The van der Waals surface area contributed by atoms with E-state index < -0.39 is 0 Å². The second-order valence-corrected chi connectivity index (χ2v) is 6.52. The number of anilines is 1. The van der Waals surface area contributed by atoms with Crippen LogP contribution in [-0.4, -0.2) is 22.0 Å². The lowest BCUT2D eigenvalue weighted by molar-refractivity contribution is 0.756. The number of halogens is 1. The first kappa shape index (κ1) is 12.2. The zero-order valence-corrected chi connectivity index (χ0v) is 11.9. The Hall–Kier alpha value is -0.220. The highest BCUT2D eigenvalue weighted by atomic mass is 79.9. The average Bonchev–Trinajstić information content (AvgIpc) is 2.70. The van der Waals surface area contributed by atoms with Gasteiger partial charge in [0, 0.05) is 23.7 Å². The van der Waals surface area contributed by atoms with Gasteiger partial charge < -0.3 is 5.32 Å². The molecule has 0 spiro atoms. The summed E-state index contributed by atoms with van der Waals surface area (Å²) in [7, 11) is 0. The number of nitrogens with zero attached hydrogens (tertiary/aromatic N) is 1. The minimum Gasteiger partial charge on any atom is -0.381 e. The summed E-state index contributed by atoms with van der Waals surface area (Å²) in [5, 5.41) is 4.45. The van der Waals surface area contributed by atoms with Gasteiger partial charge in [-0.3, -0.25) is 4.98 Å². The van der Waals surface area contributed by atoms with E-state index in [4.69, 9.17) is 0 Å². The van der Waals surface area contributed by atoms with E-state index in [9.17, 15) is 0 Å². The molecule has 0 radical (unpaired) electrons. The van der Waals surface area contributed by atoms with Crippen molar-refractivity contribution in [2.45, 2.75) is 37.5 Å². The van der Waals surface area contributed by atoms with Gasteiger partial charge in [-0.1, -0.05) is 6.92 Å². The molecular weight excluding hydrogens is 284 g/mol. The van der Waals surface area contributed by atoms with E-state index in [1.165, 1.54) is 30.7 Å². The van der Waals surface area contributed by atoms with Gasteiger partial charge in [0.25, 0.3) is 0 Å². The quantitative estimate of drug-likeness (QED) is 0.912. The molecule has 16 heavy (non-hydrogen) atoms. The molecule has 2 nitrogen and oxygen atoms in total. The van der Waals surface area contributed by atoms with Gasteiger partial charge in [-0.05, 0) is 47.0 Å². The summed E-state index contributed by atoms with van der Waals surface area (Å²) in [5.74, 6) is 1.23. The summed E-state index contributed by atoms with van der Waals surface area (Å²) in [6.45, 7) is 2.24. The van der Waals surface area contributed by atoms with E-state index in [1.807, 2.05) is 18.5 Å². The van der Waals surface area contributed by atoms with Crippen molar-refractivity contribution >= 4 is 33.4 Å². The molecule has 0 aromatic carbocycles. The molecule has 4 heteroatoms. The fourth-order valence-corrected chi connectivity index (χ4v) is 3.68.